The predicted octanol–water partition coefficient (Wildman–Crippen LogP) is 3.36. The second kappa shape index (κ2) is 6.96. The van der Waals surface area contributed by atoms with Crippen LogP contribution in [0.2, 0.25) is 5.02 Å². The second-order valence-corrected chi connectivity index (χ2v) is 5.81. The summed E-state index contributed by atoms with van der Waals surface area (Å²) < 4.78 is 6.77. The molecule has 0 aliphatic heterocycles. The molecule has 1 heterocycles. The summed E-state index contributed by atoms with van der Waals surface area (Å²) in [6.45, 7) is 5.62. The van der Waals surface area contributed by atoms with E-state index >= 15 is 0 Å². The first-order valence-electron chi connectivity index (χ1n) is 7.08. The Hall–Kier alpha value is -1.52. The zero-order valence-corrected chi connectivity index (χ0v) is 13.4. The van der Waals surface area contributed by atoms with Gasteiger partial charge >= 0.3 is 5.97 Å². The van der Waals surface area contributed by atoms with Crippen molar-refractivity contribution in [2.75, 3.05) is 7.11 Å². The van der Waals surface area contributed by atoms with Gasteiger partial charge in [-0.2, -0.15) is 0 Å². The van der Waals surface area contributed by atoms with Crippen molar-refractivity contribution in [1.82, 2.24) is 9.88 Å². The monoisotopic (exact) mass is 308 g/mol. The third kappa shape index (κ3) is 3.99. The number of hydrogen-bond acceptors (Lipinski definition) is 3. The van der Waals surface area contributed by atoms with Gasteiger partial charge in [0.25, 0.3) is 0 Å². The summed E-state index contributed by atoms with van der Waals surface area (Å²) in [7, 11) is 1.41. The van der Waals surface area contributed by atoms with E-state index in [0.29, 0.717) is 24.0 Å². The summed E-state index contributed by atoms with van der Waals surface area (Å²) >= 11 is 6.10. The van der Waals surface area contributed by atoms with Crippen LogP contribution in [0.25, 0.3) is 10.9 Å². The molecule has 5 heteroatoms. The molecular formula is C16H21ClN2O2. The SMILES string of the molecule is COC(=O)CCn1cc(CNC(C)C)c2ccc(Cl)cc21. The summed E-state index contributed by atoms with van der Waals surface area (Å²) in [5.74, 6) is -0.208. The van der Waals surface area contributed by atoms with Crippen LogP contribution in [0, 0.1) is 0 Å². The number of rotatable bonds is 6. The van der Waals surface area contributed by atoms with Crippen LogP contribution in [0.15, 0.2) is 24.4 Å². The largest absolute Gasteiger partial charge is 0.469 e. The first kappa shape index (κ1) is 15.9. The van der Waals surface area contributed by atoms with Gasteiger partial charge in [-0.25, -0.2) is 0 Å². The van der Waals surface area contributed by atoms with E-state index in [-0.39, 0.29) is 5.97 Å². The lowest BCUT2D eigenvalue weighted by Crippen LogP contribution is -2.21. The van der Waals surface area contributed by atoms with E-state index in [1.807, 2.05) is 18.2 Å². The van der Waals surface area contributed by atoms with Crippen molar-refractivity contribution in [2.45, 2.75) is 39.4 Å². The fourth-order valence-electron chi connectivity index (χ4n) is 2.29. The summed E-state index contributed by atoms with van der Waals surface area (Å²) in [4.78, 5) is 11.3. The third-order valence-electron chi connectivity index (χ3n) is 3.41. The van der Waals surface area contributed by atoms with Gasteiger partial charge in [-0.05, 0) is 17.7 Å². The Morgan fingerprint density at radius 3 is 2.86 bits per heavy atom. The molecule has 4 nitrogen and oxygen atoms in total. The van der Waals surface area contributed by atoms with E-state index in [2.05, 4.69) is 29.9 Å². The van der Waals surface area contributed by atoms with Crippen LogP contribution in [0.1, 0.15) is 25.8 Å². The number of aryl methyl sites for hydroxylation is 1. The minimum absolute atomic E-state index is 0.208. The molecule has 2 rings (SSSR count). The number of carbonyl (C=O) groups excluding carboxylic acids is 1. The summed E-state index contributed by atoms with van der Waals surface area (Å²) in [5, 5.41) is 5.28. The maximum Gasteiger partial charge on any atom is 0.307 e. The number of fused-ring (bicyclic) bond motifs is 1. The highest BCUT2D eigenvalue weighted by Crippen LogP contribution is 2.25. The minimum Gasteiger partial charge on any atom is -0.469 e. The second-order valence-electron chi connectivity index (χ2n) is 5.37. The van der Waals surface area contributed by atoms with E-state index in [4.69, 9.17) is 16.3 Å². The van der Waals surface area contributed by atoms with Crippen LogP contribution in [0.5, 0.6) is 0 Å². The van der Waals surface area contributed by atoms with Crippen LogP contribution >= 0.6 is 11.6 Å². The Balaban J connectivity index is 2.30. The highest BCUT2D eigenvalue weighted by molar-refractivity contribution is 6.31. The van der Waals surface area contributed by atoms with E-state index in [1.165, 1.54) is 12.7 Å². The topological polar surface area (TPSA) is 43.3 Å². The number of ether oxygens (including phenoxy) is 1. The maximum absolute atomic E-state index is 11.3. The Bertz CT molecular complexity index is 634. The van der Waals surface area contributed by atoms with Crippen LogP contribution < -0.4 is 5.32 Å². The number of hydrogen-bond donors (Lipinski definition) is 1. The molecule has 0 radical (unpaired) electrons. The molecule has 0 spiro atoms. The summed E-state index contributed by atoms with van der Waals surface area (Å²) in [5.41, 5.74) is 2.26. The number of benzene rings is 1. The number of methoxy groups -OCH3 is 1. The molecule has 0 saturated carbocycles. The number of carbonyl (C=O) groups is 1. The molecule has 1 aromatic heterocycles. The molecular weight excluding hydrogens is 288 g/mol. The Morgan fingerprint density at radius 2 is 2.19 bits per heavy atom. The molecule has 0 fully saturated rings. The minimum atomic E-state index is -0.208. The number of halogens is 1. The quantitative estimate of drug-likeness (QED) is 0.832. The highest BCUT2D eigenvalue weighted by atomic mass is 35.5. The van der Waals surface area contributed by atoms with Crippen LogP contribution in [-0.4, -0.2) is 23.7 Å². The average molecular weight is 309 g/mol. The van der Waals surface area contributed by atoms with Crippen molar-refractivity contribution >= 4 is 28.5 Å². The average Bonchev–Trinajstić information content (AvgIpc) is 2.79. The maximum atomic E-state index is 11.3. The normalized spacial score (nSPS) is 11.3. The molecule has 0 aliphatic rings. The van der Waals surface area contributed by atoms with Gasteiger partial charge in [-0.15, -0.1) is 0 Å². The van der Waals surface area contributed by atoms with Crippen molar-refractivity contribution in [3.05, 3.63) is 35.0 Å². The fourth-order valence-corrected chi connectivity index (χ4v) is 2.46. The van der Waals surface area contributed by atoms with Crippen LogP contribution in [0.3, 0.4) is 0 Å². The molecule has 0 aliphatic carbocycles. The van der Waals surface area contributed by atoms with E-state index < -0.39 is 0 Å². The predicted molar refractivity (Wildman–Crippen MR) is 85.6 cm³/mol. The Kier molecular flexibility index (Phi) is 5.26. The van der Waals surface area contributed by atoms with Gasteiger partial charge in [0.2, 0.25) is 0 Å². The first-order chi connectivity index (χ1) is 10.0. The molecule has 0 saturated heterocycles. The smallest absolute Gasteiger partial charge is 0.307 e. The van der Waals surface area contributed by atoms with Crippen molar-refractivity contribution < 1.29 is 9.53 Å². The molecule has 1 aromatic carbocycles. The fraction of sp³-hybridized carbons (Fsp3) is 0.438. The van der Waals surface area contributed by atoms with Crippen molar-refractivity contribution in [3.63, 3.8) is 0 Å². The third-order valence-corrected chi connectivity index (χ3v) is 3.65. The van der Waals surface area contributed by atoms with Gasteiger partial charge in [0, 0.05) is 41.3 Å². The first-order valence-corrected chi connectivity index (χ1v) is 7.46. The van der Waals surface area contributed by atoms with Gasteiger partial charge in [0.15, 0.2) is 0 Å². The standard InChI is InChI=1S/C16H21ClN2O2/c1-11(2)18-9-12-10-19(7-6-16(20)21-3)15-8-13(17)4-5-14(12)15/h4-5,8,10-11,18H,6-7,9H2,1-3H3. The highest BCUT2D eigenvalue weighted by Gasteiger charge is 2.11. The summed E-state index contributed by atoms with van der Waals surface area (Å²) in [6.07, 6.45) is 2.43. The molecule has 0 unspecified atom stereocenters. The Morgan fingerprint density at radius 1 is 1.43 bits per heavy atom. The number of nitrogens with zero attached hydrogens (tertiary/aromatic N) is 1. The van der Waals surface area contributed by atoms with Crippen LogP contribution in [-0.2, 0) is 22.6 Å². The number of esters is 1. The molecule has 1 N–H and O–H groups in total. The van der Waals surface area contributed by atoms with Crippen molar-refractivity contribution in [2.24, 2.45) is 0 Å². The van der Waals surface area contributed by atoms with Crippen molar-refractivity contribution in [1.29, 1.82) is 0 Å². The number of aromatic nitrogens is 1. The van der Waals surface area contributed by atoms with Gasteiger partial charge in [0.1, 0.15) is 0 Å². The van der Waals surface area contributed by atoms with Gasteiger partial charge in [0.05, 0.1) is 13.5 Å². The molecule has 2 aromatic rings. The summed E-state index contributed by atoms with van der Waals surface area (Å²) in [6, 6.07) is 6.29. The van der Waals surface area contributed by atoms with Gasteiger partial charge < -0.3 is 14.6 Å². The lowest BCUT2D eigenvalue weighted by Gasteiger charge is -2.06. The van der Waals surface area contributed by atoms with Gasteiger partial charge in [-0.3, -0.25) is 4.79 Å². The molecule has 0 bridgehead atoms. The van der Waals surface area contributed by atoms with E-state index in [1.54, 1.807) is 0 Å². The number of nitrogens with one attached hydrogen (secondary N) is 1. The van der Waals surface area contributed by atoms with Gasteiger partial charge in [-0.1, -0.05) is 31.5 Å². The molecule has 0 atom stereocenters. The van der Waals surface area contributed by atoms with Crippen molar-refractivity contribution in [3.8, 4) is 0 Å². The van der Waals surface area contributed by atoms with E-state index in [9.17, 15) is 4.79 Å². The van der Waals surface area contributed by atoms with Crippen LogP contribution in [0.4, 0.5) is 0 Å². The lowest BCUT2D eigenvalue weighted by molar-refractivity contribution is -0.140. The Labute approximate surface area is 130 Å². The molecule has 0 amide bonds. The zero-order valence-electron chi connectivity index (χ0n) is 12.6. The molecule has 114 valence electrons. The zero-order chi connectivity index (χ0) is 15.4. The molecule has 21 heavy (non-hydrogen) atoms. The van der Waals surface area contributed by atoms with E-state index in [0.717, 1.165) is 17.4 Å². The lowest BCUT2D eigenvalue weighted by atomic mass is 10.1.